The summed E-state index contributed by atoms with van der Waals surface area (Å²) in [4.78, 5) is 12.6. The van der Waals surface area contributed by atoms with E-state index in [0.717, 1.165) is 36.8 Å². The first-order valence-corrected chi connectivity index (χ1v) is 9.83. The molecule has 140 valence electrons. The predicted molar refractivity (Wildman–Crippen MR) is 106 cm³/mol. The van der Waals surface area contributed by atoms with Crippen LogP contribution in [0.2, 0.25) is 0 Å². The van der Waals surface area contributed by atoms with Crippen LogP contribution >= 0.6 is 28.3 Å². The Hall–Kier alpha value is -0.620. The van der Waals surface area contributed by atoms with Gasteiger partial charge in [-0.3, -0.25) is 4.79 Å². The highest BCUT2D eigenvalue weighted by Gasteiger charge is 2.35. The lowest BCUT2D eigenvalue weighted by atomic mass is 9.82. The van der Waals surface area contributed by atoms with Crippen molar-refractivity contribution in [1.82, 2.24) is 10.6 Å². The standard InChI is InChI=1S/C19H27BrN2O2.ClH/c20-17-4-2-16(3-5-17)19(9-13-24-14-10-19)22-18(23)6-1-15-7-11-21-12-8-15;/h2-5,15,21H,1,6-14H2,(H,22,23);1H. The normalized spacial score (nSPS) is 20.5. The van der Waals surface area contributed by atoms with E-state index in [9.17, 15) is 4.79 Å². The van der Waals surface area contributed by atoms with E-state index in [1.54, 1.807) is 0 Å². The van der Waals surface area contributed by atoms with Gasteiger partial charge in [0.1, 0.15) is 0 Å². The molecule has 25 heavy (non-hydrogen) atoms. The zero-order valence-corrected chi connectivity index (χ0v) is 17.0. The van der Waals surface area contributed by atoms with E-state index < -0.39 is 0 Å². The Morgan fingerprint density at radius 2 is 1.84 bits per heavy atom. The molecule has 1 aromatic carbocycles. The fourth-order valence-corrected chi connectivity index (χ4v) is 4.07. The lowest BCUT2D eigenvalue weighted by Crippen LogP contribution is -2.49. The van der Waals surface area contributed by atoms with E-state index in [1.807, 2.05) is 12.1 Å². The van der Waals surface area contributed by atoms with Crippen molar-refractivity contribution in [3.63, 3.8) is 0 Å². The maximum atomic E-state index is 12.6. The van der Waals surface area contributed by atoms with Gasteiger partial charge in [0, 0.05) is 24.1 Å². The molecule has 0 atom stereocenters. The van der Waals surface area contributed by atoms with E-state index in [0.29, 0.717) is 25.6 Å². The maximum Gasteiger partial charge on any atom is 0.220 e. The van der Waals surface area contributed by atoms with Crippen LogP contribution in [0.5, 0.6) is 0 Å². The molecule has 3 rings (SSSR count). The number of nitrogens with one attached hydrogen (secondary N) is 2. The van der Waals surface area contributed by atoms with Crippen molar-refractivity contribution in [2.45, 2.75) is 44.1 Å². The second-order valence-electron chi connectivity index (χ2n) is 6.98. The molecule has 1 aromatic rings. The Morgan fingerprint density at radius 1 is 1.20 bits per heavy atom. The Labute approximate surface area is 165 Å². The number of hydrogen-bond acceptors (Lipinski definition) is 3. The third-order valence-corrected chi connectivity index (χ3v) is 5.89. The molecule has 2 heterocycles. The summed E-state index contributed by atoms with van der Waals surface area (Å²) in [6, 6.07) is 8.33. The smallest absolute Gasteiger partial charge is 0.220 e. The molecule has 0 radical (unpaired) electrons. The Bertz CT molecular complexity index is 541. The summed E-state index contributed by atoms with van der Waals surface area (Å²) in [5, 5.41) is 6.74. The monoisotopic (exact) mass is 430 g/mol. The van der Waals surface area contributed by atoms with E-state index in [-0.39, 0.29) is 23.9 Å². The second-order valence-corrected chi connectivity index (χ2v) is 7.90. The van der Waals surface area contributed by atoms with Crippen LogP contribution in [-0.4, -0.2) is 32.2 Å². The molecule has 0 aromatic heterocycles. The lowest BCUT2D eigenvalue weighted by Gasteiger charge is -2.39. The SMILES string of the molecule is Cl.O=C(CCC1CCNCC1)NC1(c2ccc(Br)cc2)CCOCC1. The highest BCUT2D eigenvalue weighted by Crippen LogP contribution is 2.33. The number of carbonyl (C=O) groups excluding carboxylic acids is 1. The van der Waals surface area contributed by atoms with Gasteiger partial charge in [0.15, 0.2) is 0 Å². The summed E-state index contributed by atoms with van der Waals surface area (Å²) in [5.74, 6) is 0.869. The van der Waals surface area contributed by atoms with Gasteiger partial charge in [-0.05, 0) is 68.8 Å². The first-order valence-electron chi connectivity index (χ1n) is 9.03. The highest BCUT2D eigenvalue weighted by atomic mass is 79.9. The molecule has 6 heteroatoms. The van der Waals surface area contributed by atoms with Crippen LogP contribution in [0.3, 0.4) is 0 Å². The molecule has 2 fully saturated rings. The van der Waals surface area contributed by atoms with Gasteiger partial charge in [-0.1, -0.05) is 28.1 Å². The molecule has 0 spiro atoms. The van der Waals surface area contributed by atoms with Crippen LogP contribution in [0.25, 0.3) is 0 Å². The van der Waals surface area contributed by atoms with Gasteiger partial charge >= 0.3 is 0 Å². The minimum absolute atomic E-state index is 0. The fraction of sp³-hybridized carbons (Fsp3) is 0.632. The van der Waals surface area contributed by atoms with Gasteiger partial charge in [-0.25, -0.2) is 0 Å². The van der Waals surface area contributed by atoms with Crippen molar-refractivity contribution in [2.24, 2.45) is 5.92 Å². The van der Waals surface area contributed by atoms with Crippen molar-refractivity contribution < 1.29 is 9.53 Å². The van der Waals surface area contributed by atoms with Gasteiger partial charge in [-0.2, -0.15) is 0 Å². The Kier molecular flexibility index (Phi) is 8.20. The third kappa shape index (κ3) is 5.68. The van der Waals surface area contributed by atoms with Crippen molar-refractivity contribution in [2.75, 3.05) is 26.3 Å². The summed E-state index contributed by atoms with van der Waals surface area (Å²) >= 11 is 3.49. The molecule has 2 saturated heterocycles. The van der Waals surface area contributed by atoms with Crippen molar-refractivity contribution in [3.8, 4) is 0 Å². The number of piperidine rings is 1. The zero-order valence-electron chi connectivity index (χ0n) is 14.6. The van der Waals surface area contributed by atoms with Crippen LogP contribution in [-0.2, 0) is 15.1 Å². The van der Waals surface area contributed by atoms with Crippen molar-refractivity contribution in [1.29, 1.82) is 0 Å². The number of halogens is 2. The van der Waals surface area contributed by atoms with Gasteiger partial charge < -0.3 is 15.4 Å². The van der Waals surface area contributed by atoms with Crippen LogP contribution in [0, 0.1) is 5.92 Å². The Morgan fingerprint density at radius 3 is 2.48 bits per heavy atom. The van der Waals surface area contributed by atoms with Crippen molar-refractivity contribution in [3.05, 3.63) is 34.3 Å². The minimum atomic E-state index is -0.274. The second kappa shape index (κ2) is 9.91. The van der Waals surface area contributed by atoms with Gasteiger partial charge in [0.25, 0.3) is 0 Å². The predicted octanol–water partition coefficient (Wildman–Crippen LogP) is 3.77. The molecule has 0 aliphatic carbocycles. The first-order chi connectivity index (χ1) is 11.7. The minimum Gasteiger partial charge on any atom is -0.381 e. The molecule has 4 nitrogen and oxygen atoms in total. The quantitative estimate of drug-likeness (QED) is 0.746. The van der Waals surface area contributed by atoms with Gasteiger partial charge in [0.05, 0.1) is 5.54 Å². The van der Waals surface area contributed by atoms with Gasteiger partial charge in [0.2, 0.25) is 5.91 Å². The molecule has 1 amide bonds. The number of rotatable bonds is 5. The fourth-order valence-electron chi connectivity index (χ4n) is 3.81. The lowest BCUT2D eigenvalue weighted by molar-refractivity contribution is -0.124. The summed E-state index contributed by atoms with van der Waals surface area (Å²) in [6.07, 6.45) is 5.70. The van der Waals surface area contributed by atoms with E-state index in [1.165, 1.54) is 18.4 Å². The average molecular weight is 432 g/mol. The molecule has 2 aliphatic heterocycles. The number of amides is 1. The third-order valence-electron chi connectivity index (χ3n) is 5.36. The topological polar surface area (TPSA) is 50.4 Å². The van der Waals surface area contributed by atoms with E-state index >= 15 is 0 Å². The Balaban J connectivity index is 0.00000225. The zero-order chi connectivity index (χ0) is 16.8. The van der Waals surface area contributed by atoms with Gasteiger partial charge in [-0.15, -0.1) is 12.4 Å². The number of carbonyl (C=O) groups is 1. The van der Waals surface area contributed by atoms with Crippen LogP contribution in [0.15, 0.2) is 28.7 Å². The average Bonchev–Trinajstić information content (AvgIpc) is 2.62. The summed E-state index contributed by atoms with van der Waals surface area (Å²) in [5.41, 5.74) is 0.911. The highest BCUT2D eigenvalue weighted by molar-refractivity contribution is 9.10. The maximum absolute atomic E-state index is 12.6. The molecular formula is C19H28BrClN2O2. The molecule has 2 N–H and O–H groups in total. The van der Waals surface area contributed by atoms with Crippen LogP contribution in [0.4, 0.5) is 0 Å². The van der Waals surface area contributed by atoms with E-state index in [2.05, 4.69) is 38.7 Å². The summed E-state index contributed by atoms with van der Waals surface area (Å²) in [6.45, 7) is 3.58. The molecule has 2 aliphatic rings. The van der Waals surface area contributed by atoms with Crippen molar-refractivity contribution >= 4 is 34.2 Å². The molecular weight excluding hydrogens is 404 g/mol. The molecule has 0 bridgehead atoms. The van der Waals surface area contributed by atoms with Crippen LogP contribution < -0.4 is 10.6 Å². The number of ether oxygens (including phenoxy) is 1. The van der Waals surface area contributed by atoms with E-state index in [4.69, 9.17) is 4.74 Å². The number of hydrogen-bond donors (Lipinski definition) is 2. The summed E-state index contributed by atoms with van der Waals surface area (Å²) in [7, 11) is 0. The molecule has 0 unspecified atom stereocenters. The number of benzene rings is 1. The summed E-state index contributed by atoms with van der Waals surface area (Å²) < 4.78 is 6.60. The molecule has 0 saturated carbocycles. The largest absolute Gasteiger partial charge is 0.381 e. The van der Waals surface area contributed by atoms with Crippen LogP contribution in [0.1, 0.15) is 44.1 Å². The first kappa shape index (κ1) is 20.7.